The molecule has 1 aromatic carbocycles. The number of ether oxygens (including phenoxy) is 2. The highest BCUT2D eigenvalue weighted by Crippen LogP contribution is 2.28. The van der Waals surface area contributed by atoms with E-state index in [0.717, 1.165) is 10.7 Å². The van der Waals surface area contributed by atoms with Crippen LogP contribution >= 0.6 is 11.3 Å². The molecule has 0 bridgehead atoms. The first-order valence-corrected chi connectivity index (χ1v) is 6.78. The predicted molar refractivity (Wildman–Crippen MR) is 77.1 cm³/mol. The smallest absolute Gasteiger partial charge is 0.255 e. The van der Waals surface area contributed by atoms with E-state index >= 15 is 0 Å². The van der Waals surface area contributed by atoms with Crippen LogP contribution in [0.5, 0.6) is 11.5 Å². The van der Waals surface area contributed by atoms with E-state index in [-0.39, 0.29) is 6.61 Å². The SMILES string of the molecule is COc1cc(CNc2nccs2)ccc1OCC(N)=O. The Labute approximate surface area is 120 Å². The number of hydrogen-bond acceptors (Lipinski definition) is 6. The highest BCUT2D eigenvalue weighted by molar-refractivity contribution is 7.13. The van der Waals surface area contributed by atoms with E-state index in [2.05, 4.69) is 10.3 Å². The van der Waals surface area contributed by atoms with Crippen molar-refractivity contribution < 1.29 is 14.3 Å². The molecule has 2 rings (SSSR count). The minimum atomic E-state index is -0.526. The van der Waals surface area contributed by atoms with Crippen molar-refractivity contribution in [2.45, 2.75) is 6.54 Å². The molecule has 6 nitrogen and oxygen atoms in total. The summed E-state index contributed by atoms with van der Waals surface area (Å²) in [6.45, 7) is 0.451. The monoisotopic (exact) mass is 293 g/mol. The summed E-state index contributed by atoms with van der Waals surface area (Å²) < 4.78 is 10.5. The lowest BCUT2D eigenvalue weighted by Gasteiger charge is -2.11. The zero-order chi connectivity index (χ0) is 14.4. The number of benzene rings is 1. The molecule has 0 fully saturated rings. The molecule has 1 heterocycles. The molecule has 0 aliphatic heterocycles. The van der Waals surface area contributed by atoms with E-state index < -0.39 is 5.91 Å². The lowest BCUT2D eigenvalue weighted by Crippen LogP contribution is -2.20. The Balaban J connectivity index is 2.02. The van der Waals surface area contributed by atoms with E-state index in [0.29, 0.717) is 18.0 Å². The van der Waals surface area contributed by atoms with Gasteiger partial charge in [-0.1, -0.05) is 6.07 Å². The van der Waals surface area contributed by atoms with E-state index in [4.69, 9.17) is 15.2 Å². The number of carbonyl (C=O) groups is 1. The van der Waals surface area contributed by atoms with Gasteiger partial charge in [-0.2, -0.15) is 0 Å². The van der Waals surface area contributed by atoms with Gasteiger partial charge in [0.1, 0.15) is 0 Å². The Bertz CT molecular complexity index is 572. The van der Waals surface area contributed by atoms with Gasteiger partial charge < -0.3 is 20.5 Å². The third kappa shape index (κ3) is 3.86. The average molecular weight is 293 g/mol. The number of rotatable bonds is 7. The van der Waals surface area contributed by atoms with Gasteiger partial charge in [-0.25, -0.2) is 4.98 Å². The Morgan fingerprint density at radius 1 is 1.45 bits per heavy atom. The summed E-state index contributed by atoms with van der Waals surface area (Å²) in [6, 6.07) is 5.48. The summed E-state index contributed by atoms with van der Waals surface area (Å²) in [5.74, 6) is 0.524. The van der Waals surface area contributed by atoms with Crippen molar-refractivity contribution in [2.75, 3.05) is 19.0 Å². The molecule has 0 atom stereocenters. The summed E-state index contributed by atoms with van der Waals surface area (Å²) in [5.41, 5.74) is 6.06. The Morgan fingerprint density at radius 2 is 2.30 bits per heavy atom. The molecule has 3 N–H and O–H groups in total. The predicted octanol–water partition coefficient (Wildman–Crippen LogP) is 1.63. The van der Waals surface area contributed by atoms with Gasteiger partial charge in [-0.05, 0) is 17.7 Å². The van der Waals surface area contributed by atoms with Gasteiger partial charge in [0, 0.05) is 18.1 Å². The number of methoxy groups -OCH3 is 1. The van der Waals surface area contributed by atoms with Crippen molar-refractivity contribution in [1.29, 1.82) is 0 Å². The number of thiazole rings is 1. The number of nitrogens with zero attached hydrogens (tertiary/aromatic N) is 1. The number of amides is 1. The first-order valence-electron chi connectivity index (χ1n) is 5.90. The third-order valence-electron chi connectivity index (χ3n) is 2.47. The van der Waals surface area contributed by atoms with Crippen molar-refractivity contribution in [1.82, 2.24) is 4.98 Å². The summed E-state index contributed by atoms with van der Waals surface area (Å²) in [7, 11) is 1.55. The van der Waals surface area contributed by atoms with E-state index in [1.807, 2.05) is 17.5 Å². The van der Waals surface area contributed by atoms with E-state index in [1.165, 1.54) is 11.3 Å². The molecule has 1 aromatic heterocycles. The van der Waals surface area contributed by atoms with Crippen molar-refractivity contribution in [3.63, 3.8) is 0 Å². The highest BCUT2D eigenvalue weighted by Gasteiger charge is 2.07. The molecular formula is C13H15N3O3S. The minimum Gasteiger partial charge on any atom is -0.493 e. The van der Waals surface area contributed by atoms with Gasteiger partial charge in [0.15, 0.2) is 23.2 Å². The zero-order valence-electron chi connectivity index (χ0n) is 11.0. The summed E-state index contributed by atoms with van der Waals surface area (Å²) >= 11 is 1.54. The van der Waals surface area contributed by atoms with Gasteiger partial charge in [0.05, 0.1) is 7.11 Å². The Kier molecular flexibility index (Phi) is 4.78. The number of hydrogen-bond donors (Lipinski definition) is 2. The van der Waals surface area contributed by atoms with Crippen LogP contribution in [-0.2, 0) is 11.3 Å². The van der Waals surface area contributed by atoms with Crippen LogP contribution in [0.3, 0.4) is 0 Å². The van der Waals surface area contributed by atoms with Gasteiger partial charge in [0.25, 0.3) is 5.91 Å². The largest absolute Gasteiger partial charge is 0.493 e. The molecule has 106 valence electrons. The van der Waals surface area contributed by atoms with Crippen molar-refractivity contribution in [3.8, 4) is 11.5 Å². The molecule has 1 amide bonds. The molecule has 0 aliphatic carbocycles. The van der Waals surface area contributed by atoms with Crippen molar-refractivity contribution in [3.05, 3.63) is 35.3 Å². The number of nitrogens with two attached hydrogens (primary N) is 1. The zero-order valence-corrected chi connectivity index (χ0v) is 11.8. The molecule has 20 heavy (non-hydrogen) atoms. The Morgan fingerprint density at radius 3 is 2.95 bits per heavy atom. The standard InChI is InChI=1S/C13H15N3O3S/c1-18-11-6-9(7-16-13-15-4-5-20-13)2-3-10(11)19-8-12(14)17/h2-6H,7-8H2,1H3,(H2,14,17)(H,15,16). The number of anilines is 1. The fourth-order valence-corrected chi connectivity index (χ4v) is 2.11. The lowest BCUT2D eigenvalue weighted by atomic mass is 10.2. The maximum Gasteiger partial charge on any atom is 0.255 e. The third-order valence-corrected chi connectivity index (χ3v) is 3.20. The second-order valence-corrected chi connectivity index (χ2v) is 4.83. The van der Waals surface area contributed by atoms with Gasteiger partial charge >= 0.3 is 0 Å². The molecule has 0 spiro atoms. The maximum atomic E-state index is 10.7. The fraction of sp³-hybridized carbons (Fsp3) is 0.231. The van der Waals surface area contributed by atoms with Crippen molar-refractivity contribution >= 4 is 22.4 Å². The highest BCUT2D eigenvalue weighted by atomic mass is 32.1. The minimum absolute atomic E-state index is 0.174. The fourth-order valence-electron chi connectivity index (χ4n) is 1.58. The first-order chi connectivity index (χ1) is 9.69. The molecule has 2 aromatic rings. The van der Waals surface area contributed by atoms with Crippen LogP contribution in [0.15, 0.2) is 29.8 Å². The van der Waals surface area contributed by atoms with E-state index in [1.54, 1.807) is 19.4 Å². The van der Waals surface area contributed by atoms with Gasteiger partial charge in [-0.3, -0.25) is 4.79 Å². The molecular weight excluding hydrogens is 278 g/mol. The van der Waals surface area contributed by atoms with Crippen LogP contribution in [0.1, 0.15) is 5.56 Å². The van der Waals surface area contributed by atoms with Crippen LogP contribution < -0.4 is 20.5 Å². The average Bonchev–Trinajstić information content (AvgIpc) is 2.96. The summed E-state index contributed by atoms with van der Waals surface area (Å²) in [6.07, 6.45) is 1.74. The number of primary amides is 1. The van der Waals surface area contributed by atoms with Crippen LogP contribution in [0.4, 0.5) is 5.13 Å². The maximum absolute atomic E-state index is 10.7. The molecule has 0 radical (unpaired) electrons. The van der Waals surface area contributed by atoms with Crippen molar-refractivity contribution in [2.24, 2.45) is 5.73 Å². The summed E-state index contributed by atoms with van der Waals surface area (Å²) in [5, 5.41) is 5.96. The van der Waals surface area contributed by atoms with Crippen LogP contribution in [0.25, 0.3) is 0 Å². The molecule has 0 saturated carbocycles. The van der Waals surface area contributed by atoms with Crippen LogP contribution in [-0.4, -0.2) is 24.6 Å². The second kappa shape index (κ2) is 6.76. The topological polar surface area (TPSA) is 86.5 Å². The van der Waals surface area contributed by atoms with Crippen LogP contribution in [0, 0.1) is 0 Å². The van der Waals surface area contributed by atoms with E-state index in [9.17, 15) is 4.79 Å². The molecule has 0 aliphatic rings. The Hall–Kier alpha value is -2.28. The molecule has 0 unspecified atom stereocenters. The quantitative estimate of drug-likeness (QED) is 0.810. The first kappa shape index (κ1) is 14.1. The van der Waals surface area contributed by atoms with Crippen LogP contribution in [0.2, 0.25) is 0 Å². The number of nitrogens with one attached hydrogen (secondary N) is 1. The van der Waals surface area contributed by atoms with Gasteiger partial charge in [-0.15, -0.1) is 11.3 Å². The molecule has 7 heteroatoms. The second-order valence-electron chi connectivity index (χ2n) is 3.93. The number of carbonyl (C=O) groups excluding carboxylic acids is 1. The summed E-state index contributed by atoms with van der Waals surface area (Å²) in [4.78, 5) is 14.9. The number of aromatic nitrogens is 1. The normalized spacial score (nSPS) is 10.1. The van der Waals surface area contributed by atoms with Gasteiger partial charge in [0.2, 0.25) is 0 Å². The lowest BCUT2D eigenvalue weighted by molar-refractivity contribution is -0.119. The molecule has 0 saturated heterocycles.